The number of rotatable bonds is 6. The summed E-state index contributed by atoms with van der Waals surface area (Å²) < 4.78 is 0. The van der Waals surface area contributed by atoms with Crippen LogP contribution in [0.1, 0.15) is 45.4 Å². The van der Waals surface area contributed by atoms with Gasteiger partial charge in [0.25, 0.3) is 0 Å². The molecule has 3 fully saturated rings. The van der Waals surface area contributed by atoms with E-state index in [4.69, 9.17) is 5.73 Å². The van der Waals surface area contributed by atoms with Gasteiger partial charge in [-0.1, -0.05) is 0 Å². The summed E-state index contributed by atoms with van der Waals surface area (Å²) in [4.78, 5) is 2.47. The molecule has 0 radical (unpaired) electrons. The largest absolute Gasteiger partial charge is 0.329 e. The van der Waals surface area contributed by atoms with E-state index in [9.17, 15) is 0 Å². The molecule has 0 bridgehead atoms. The lowest BCUT2D eigenvalue weighted by Gasteiger charge is -2.45. The summed E-state index contributed by atoms with van der Waals surface area (Å²) in [6.07, 6.45) is 8.36. The lowest BCUT2D eigenvalue weighted by Crippen LogP contribution is -2.60. The molecule has 2 aliphatic carbocycles. The van der Waals surface area contributed by atoms with Gasteiger partial charge in [-0.3, -0.25) is 0 Å². The van der Waals surface area contributed by atoms with Crippen LogP contribution in [0.15, 0.2) is 0 Å². The summed E-state index contributed by atoms with van der Waals surface area (Å²) in [5.74, 6) is 3.04. The van der Waals surface area contributed by atoms with E-state index in [0.29, 0.717) is 6.04 Å². The lowest BCUT2D eigenvalue weighted by molar-refractivity contribution is 0.106. The Kier molecular flexibility index (Phi) is 3.89. The summed E-state index contributed by atoms with van der Waals surface area (Å²) in [6.45, 7) is 5.55. The van der Waals surface area contributed by atoms with E-state index in [1.165, 1.54) is 51.6 Å². The molecule has 3 rings (SSSR count). The molecule has 0 aromatic rings. The van der Waals surface area contributed by atoms with Crippen LogP contribution in [-0.2, 0) is 0 Å². The zero-order valence-electron chi connectivity index (χ0n) is 12.7. The Labute approximate surface area is 118 Å². The van der Waals surface area contributed by atoms with E-state index in [2.05, 4.69) is 24.2 Å². The predicted molar refractivity (Wildman–Crippen MR) is 80.1 cm³/mol. The van der Waals surface area contributed by atoms with Gasteiger partial charge in [-0.15, -0.1) is 0 Å². The topological polar surface area (TPSA) is 41.3 Å². The highest BCUT2D eigenvalue weighted by atomic mass is 15.2. The highest BCUT2D eigenvalue weighted by molar-refractivity contribution is 4.99. The molecular formula is C16H31N3. The van der Waals surface area contributed by atoms with Gasteiger partial charge in [-0.05, 0) is 83.3 Å². The second kappa shape index (κ2) is 5.34. The molecule has 0 aromatic heterocycles. The Balaban J connectivity index is 1.56. The number of nitrogens with zero attached hydrogens (tertiary/aromatic N) is 1. The summed E-state index contributed by atoms with van der Waals surface area (Å²) >= 11 is 0. The molecule has 3 aliphatic rings. The third kappa shape index (κ3) is 3.14. The van der Waals surface area contributed by atoms with Gasteiger partial charge in [0.15, 0.2) is 0 Å². The maximum atomic E-state index is 6.13. The van der Waals surface area contributed by atoms with Crippen molar-refractivity contribution >= 4 is 0 Å². The minimum absolute atomic E-state index is 0.216. The third-order valence-electron chi connectivity index (χ3n) is 5.94. The quantitative estimate of drug-likeness (QED) is 0.770. The Hall–Kier alpha value is -0.120. The van der Waals surface area contributed by atoms with Crippen LogP contribution in [0, 0.1) is 17.8 Å². The molecule has 0 spiro atoms. The molecule has 19 heavy (non-hydrogen) atoms. The summed E-state index contributed by atoms with van der Waals surface area (Å²) in [5, 5.41) is 3.93. The van der Waals surface area contributed by atoms with Crippen LogP contribution in [0.5, 0.6) is 0 Å². The summed E-state index contributed by atoms with van der Waals surface area (Å²) in [6, 6.07) is 0.657. The van der Waals surface area contributed by atoms with Gasteiger partial charge in [0.2, 0.25) is 0 Å². The van der Waals surface area contributed by atoms with Gasteiger partial charge in [0.05, 0.1) is 0 Å². The molecule has 2 atom stereocenters. The number of piperidine rings is 1. The number of nitrogens with one attached hydrogen (secondary N) is 1. The molecule has 0 amide bonds. The molecular weight excluding hydrogens is 234 g/mol. The molecule has 2 saturated carbocycles. The van der Waals surface area contributed by atoms with E-state index in [-0.39, 0.29) is 5.54 Å². The van der Waals surface area contributed by atoms with Crippen molar-refractivity contribution < 1.29 is 0 Å². The minimum Gasteiger partial charge on any atom is -0.329 e. The van der Waals surface area contributed by atoms with Crippen LogP contribution in [-0.4, -0.2) is 43.2 Å². The van der Waals surface area contributed by atoms with Crippen LogP contribution < -0.4 is 11.1 Å². The first kappa shape index (κ1) is 13.8. The van der Waals surface area contributed by atoms with Gasteiger partial charge in [-0.2, -0.15) is 0 Å². The molecule has 2 unspecified atom stereocenters. The monoisotopic (exact) mass is 265 g/mol. The first-order chi connectivity index (χ1) is 9.13. The second-order valence-electron chi connectivity index (χ2n) is 7.49. The zero-order chi connectivity index (χ0) is 13.5. The maximum Gasteiger partial charge on any atom is 0.0331 e. The Morgan fingerprint density at radius 2 is 1.89 bits per heavy atom. The van der Waals surface area contributed by atoms with Crippen LogP contribution in [0.2, 0.25) is 0 Å². The second-order valence-corrected chi connectivity index (χ2v) is 7.49. The van der Waals surface area contributed by atoms with E-state index in [1.807, 2.05) is 0 Å². The van der Waals surface area contributed by atoms with Gasteiger partial charge < -0.3 is 16.0 Å². The lowest BCUT2D eigenvalue weighted by atomic mass is 9.83. The Bertz CT molecular complexity index is 299. The molecule has 3 heteroatoms. The molecule has 1 aliphatic heterocycles. The van der Waals surface area contributed by atoms with Crippen molar-refractivity contribution in [1.29, 1.82) is 0 Å². The SMILES string of the molecule is CC1CC(CN)(NCC(C2CC2)C2CC2)CCN1C. The number of likely N-dealkylation sites (tertiary alicyclic amines) is 1. The van der Waals surface area contributed by atoms with Gasteiger partial charge in [-0.25, -0.2) is 0 Å². The Morgan fingerprint density at radius 1 is 1.26 bits per heavy atom. The molecule has 1 saturated heterocycles. The highest BCUT2D eigenvalue weighted by Gasteiger charge is 2.43. The van der Waals surface area contributed by atoms with Crippen molar-refractivity contribution in [1.82, 2.24) is 10.2 Å². The minimum atomic E-state index is 0.216. The van der Waals surface area contributed by atoms with E-state index in [0.717, 1.165) is 24.3 Å². The van der Waals surface area contributed by atoms with Gasteiger partial charge >= 0.3 is 0 Å². The predicted octanol–water partition coefficient (Wildman–Crippen LogP) is 1.82. The third-order valence-corrected chi connectivity index (χ3v) is 5.94. The smallest absolute Gasteiger partial charge is 0.0331 e. The first-order valence-electron chi connectivity index (χ1n) is 8.29. The molecule has 0 aromatic carbocycles. The summed E-state index contributed by atoms with van der Waals surface area (Å²) in [7, 11) is 2.24. The summed E-state index contributed by atoms with van der Waals surface area (Å²) in [5.41, 5.74) is 6.35. The van der Waals surface area contributed by atoms with Crippen molar-refractivity contribution in [2.24, 2.45) is 23.5 Å². The van der Waals surface area contributed by atoms with Crippen molar-refractivity contribution in [2.45, 2.75) is 57.0 Å². The van der Waals surface area contributed by atoms with Crippen LogP contribution >= 0.6 is 0 Å². The van der Waals surface area contributed by atoms with E-state index >= 15 is 0 Å². The van der Waals surface area contributed by atoms with Crippen molar-refractivity contribution in [3.63, 3.8) is 0 Å². The maximum absolute atomic E-state index is 6.13. The molecule has 3 N–H and O–H groups in total. The number of hydrogen-bond acceptors (Lipinski definition) is 3. The van der Waals surface area contributed by atoms with E-state index < -0.39 is 0 Å². The van der Waals surface area contributed by atoms with Crippen molar-refractivity contribution in [3.05, 3.63) is 0 Å². The van der Waals surface area contributed by atoms with Crippen LogP contribution in [0.3, 0.4) is 0 Å². The van der Waals surface area contributed by atoms with Crippen LogP contribution in [0.25, 0.3) is 0 Å². The molecule has 3 nitrogen and oxygen atoms in total. The first-order valence-corrected chi connectivity index (χ1v) is 8.29. The van der Waals surface area contributed by atoms with Crippen molar-refractivity contribution in [2.75, 3.05) is 26.7 Å². The average Bonchev–Trinajstić information content (AvgIpc) is 3.27. The zero-order valence-corrected chi connectivity index (χ0v) is 12.7. The normalized spacial score (nSPS) is 36.9. The Morgan fingerprint density at radius 3 is 2.37 bits per heavy atom. The fraction of sp³-hybridized carbons (Fsp3) is 1.00. The fourth-order valence-electron chi connectivity index (χ4n) is 3.95. The fourth-order valence-corrected chi connectivity index (χ4v) is 3.95. The average molecular weight is 265 g/mol. The van der Waals surface area contributed by atoms with Gasteiger partial charge in [0.1, 0.15) is 0 Å². The molecule has 1 heterocycles. The van der Waals surface area contributed by atoms with Gasteiger partial charge in [0, 0.05) is 18.1 Å². The highest BCUT2D eigenvalue weighted by Crippen LogP contribution is 2.49. The van der Waals surface area contributed by atoms with E-state index in [1.54, 1.807) is 0 Å². The van der Waals surface area contributed by atoms with Crippen LogP contribution in [0.4, 0.5) is 0 Å². The van der Waals surface area contributed by atoms with Crippen molar-refractivity contribution in [3.8, 4) is 0 Å². The number of hydrogen-bond donors (Lipinski definition) is 2. The number of nitrogens with two attached hydrogens (primary N) is 1. The standard InChI is InChI=1S/C16H31N3/c1-12-9-16(11-17,7-8-19(12)2)18-10-15(13-3-4-13)14-5-6-14/h12-15,18H,3-11,17H2,1-2H3. The molecule has 110 valence electrons.